The molecule has 0 radical (unpaired) electrons. The number of carbonyl (C=O) groups is 1. The van der Waals surface area contributed by atoms with Gasteiger partial charge in [-0.15, -0.1) is 0 Å². The molecule has 0 aliphatic heterocycles. The fraction of sp³-hybridized carbons (Fsp3) is 0.727. The fourth-order valence-corrected chi connectivity index (χ4v) is 2.10. The molecule has 0 amide bonds. The van der Waals surface area contributed by atoms with Gasteiger partial charge in [-0.25, -0.2) is 4.98 Å². The smallest absolute Gasteiger partial charge is 0.313 e. The highest BCUT2D eigenvalue weighted by molar-refractivity contribution is 5.71. The van der Waals surface area contributed by atoms with Crippen molar-refractivity contribution < 1.29 is 9.53 Å². The lowest BCUT2D eigenvalue weighted by molar-refractivity contribution is -0.142. The van der Waals surface area contributed by atoms with Crippen molar-refractivity contribution in [3.63, 3.8) is 0 Å². The van der Waals surface area contributed by atoms with Crippen LogP contribution >= 0.6 is 0 Å². The fourth-order valence-electron chi connectivity index (χ4n) is 2.10. The van der Waals surface area contributed by atoms with Crippen LogP contribution in [0.3, 0.4) is 0 Å². The van der Waals surface area contributed by atoms with E-state index >= 15 is 0 Å². The van der Waals surface area contributed by atoms with Crippen molar-refractivity contribution in [3.8, 4) is 0 Å². The van der Waals surface area contributed by atoms with Gasteiger partial charge in [0.1, 0.15) is 12.2 Å². The molecule has 1 aliphatic carbocycles. The molecule has 1 saturated carbocycles. The van der Waals surface area contributed by atoms with Crippen LogP contribution in [0.1, 0.15) is 50.2 Å². The number of nitrogens with zero attached hydrogens (tertiary/aromatic N) is 2. The number of nitrogens with one attached hydrogen (secondary N) is 1. The molecule has 88 valence electrons. The Balaban J connectivity index is 1.93. The lowest BCUT2D eigenvalue weighted by Gasteiger charge is -2.01. The summed E-state index contributed by atoms with van der Waals surface area (Å²) < 4.78 is 4.85. The van der Waals surface area contributed by atoms with Gasteiger partial charge in [-0.1, -0.05) is 12.8 Å². The van der Waals surface area contributed by atoms with Crippen LogP contribution in [0.25, 0.3) is 0 Å². The van der Waals surface area contributed by atoms with Crippen LogP contribution in [0.5, 0.6) is 0 Å². The molecule has 5 heteroatoms. The Morgan fingerprint density at radius 2 is 2.25 bits per heavy atom. The van der Waals surface area contributed by atoms with Gasteiger partial charge >= 0.3 is 5.97 Å². The molecule has 0 bridgehead atoms. The van der Waals surface area contributed by atoms with Gasteiger partial charge in [0.2, 0.25) is 0 Å². The van der Waals surface area contributed by atoms with Crippen molar-refractivity contribution in [1.82, 2.24) is 15.2 Å². The van der Waals surface area contributed by atoms with E-state index in [1.165, 1.54) is 12.8 Å². The minimum Gasteiger partial charge on any atom is -0.466 e. The monoisotopic (exact) mass is 223 g/mol. The van der Waals surface area contributed by atoms with Gasteiger partial charge < -0.3 is 4.74 Å². The molecule has 1 aromatic rings. The first-order valence-corrected chi connectivity index (χ1v) is 5.86. The van der Waals surface area contributed by atoms with Crippen LogP contribution in [-0.4, -0.2) is 27.8 Å². The Kier molecular flexibility index (Phi) is 3.54. The first-order chi connectivity index (χ1) is 7.79. The molecule has 0 saturated heterocycles. The Bertz CT molecular complexity index is 356. The van der Waals surface area contributed by atoms with E-state index in [4.69, 9.17) is 4.74 Å². The summed E-state index contributed by atoms with van der Waals surface area (Å²) in [5.41, 5.74) is 0. The second-order valence-electron chi connectivity index (χ2n) is 4.10. The minimum absolute atomic E-state index is 0.188. The normalized spacial score (nSPS) is 16.6. The first kappa shape index (κ1) is 11.1. The lowest BCUT2D eigenvalue weighted by atomic mass is 10.1. The molecular weight excluding hydrogens is 206 g/mol. The maximum absolute atomic E-state index is 11.2. The Labute approximate surface area is 94.6 Å². The molecule has 1 heterocycles. The van der Waals surface area contributed by atoms with Crippen molar-refractivity contribution in [1.29, 1.82) is 0 Å². The SMILES string of the molecule is CCOC(=O)Cc1nc(C2CCCC2)n[nH]1. The highest BCUT2D eigenvalue weighted by Gasteiger charge is 2.21. The zero-order valence-corrected chi connectivity index (χ0v) is 9.53. The van der Waals surface area contributed by atoms with E-state index in [0.29, 0.717) is 18.3 Å². The van der Waals surface area contributed by atoms with Crippen LogP contribution in [-0.2, 0) is 16.0 Å². The molecule has 1 aliphatic rings. The van der Waals surface area contributed by atoms with E-state index in [1.54, 1.807) is 6.92 Å². The number of H-pyrrole nitrogens is 1. The van der Waals surface area contributed by atoms with Gasteiger partial charge in [0.05, 0.1) is 6.61 Å². The molecule has 1 fully saturated rings. The Morgan fingerprint density at radius 3 is 2.94 bits per heavy atom. The lowest BCUT2D eigenvalue weighted by Crippen LogP contribution is -2.08. The number of esters is 1. The van der Waals surface area contributed by atoms with Gasteiger partial charge in [-0.3, -0.25) is 9.89 Å². The quantitative estimate of drug-likeness (QED) is 0.787. The number of carbonyl (C=O) groups excluding carboxylic acids is 1. The van der Waals surface area contributed by atoms with Crippen LogP contribution in [0.15, 0.2) is 0 Å². The van der Waals surface area contributed by atoms with Crippen LogP contribution < -0.4 is 0 Å². The largest absolute Gasteiger partial charge is 0.466 e. The molecule has 5 nitrogen and oxygen atoms in total. The number of aromatic amines is 1. The topological polar surface area (TPSA) is 67.9 Å². The third kappa shape index (κ3) is 2.59. The summed E-state index contributed by atoms with van der Waals surface area (Å²) >= 11 is 0. The zero-order chi connectivity index (χ0) is 11.4. The summed E-state index contributed by atoms with van der Waals surface area (Å²) in [5, 5.41) is 6.98. The predicted octanol–water partition coefficient (Wildman–Crippen LogP) is 1.57. The highest BCUT2D eigenvalue weighted by Crippen LogP contribution is 2.31. The average Bonchev–Trinajstić information content (AvgIpc) is 2.86. The number of hydrogen-bond acceptors (Lipinski definition) is 4. The summed E-state index contributed by atoms with van der Waals surface area (Å²) in [7, 11) is 0. The van der Waals surface area contributed by atoms with Crippen molar-refractivity contribution in [3.05, 3.63) is 11.6 Å². The third-order valence-electron chi connectivity index (χ3n) is 2.89. The minimum atomic E-state index is -0.253. The van der Waals surface area contributed by atoms with Gasteiger partial charge in [-0.05, 0) is 19.8 Å². The zero-order valence-electron chi connectivity index (χ0n) is 9.53. The average molecular weight is 223 g/mol. The number of rotatable bonds is 4. The Morgan fingerprint density at radius 1 is 1.50 bits per heavy atom. The van der Waals surface area contributed by atoms with E-state index in [9.17, 15) is 4.79 Å². The molecule has 0 unspecified atom stereocenters. The second-order valence-corrected chi connectivity index (χ2v) is 4.10. The molecule has 1 N–H and O–H groups in total. The van der Waals surface area contributed by atoms with E-state index in [1.807, 2.05) is 0 Å². The van der Waals surface area contributed by atoms with Crippen molar-refractivity contribution in [2.24, 2.45) is 0 Å². The number of ether oxygens (including phenoxy) is 1. The van der Waals surface area contributed by atoms with Crippen molar-refractivity contribution >= 4 is 5.97 Å². The predicted molar refractivity (Wildman–Crippen MR) is 57.9 cm³/mol. The molecule has 16 heavy (non-hydrogen) atoms. The van der Waals surface area contributed by atoms with Gasteiger partial charge in [0, 0.05) is 5.92 Å². The maximum Gasteiger partial charge on any atom is 0.313 e. The first-order valence-electron chi connectivity index (χ1n) is 5.86. The van der Waals surface area contributed by atoms with E-state index in [-0.39, 0.29) is 12.4 Å². The second kappa shape index (κ2) is 5.09. The third-order valence-corrected chi connectivity index (χ3v) is 2.89. The highest BCUT2D eigenvalue weighted by atomic mass is 16.5. The summed E-state index contributed by atoms with van der Waals surface area (Å²) in [4.78, 5) is 15.6. The van der Waals surface area contributed by atoms with Gasteiger partial charge in [-0.2, -0.15) is 5.10 Å². The standard InChI is InChI=1S/C11H17N3O2/c1-2-16-10(15)7-9-12-11(14-13-9)8-5-3-4-6-8/h8H,2-7H2,1H3,(H,12,13,14). The van der Waals surface area contributed by atoms with E-state index in [2.05, 4.69) is 15.2 Å². The molecule has 2 rings (SSSR count). The molecule has 0 spiro atoms. The summed E-state index contributed by atoms with van der Waals surface area (Å²) in [6.45, 7) is 2.20. The van der Waals surface area contributed by atoms with E-state index in [0.717, 1.165) is 18.7 Å². The van der Waals surface area contributed by atoms with Crippen LogP contribution in [0, 0.1) is 0 Å². The summed E-state index contributed by atoms with van der Waals surface area (Å²) in [6, 6.07) is 0. The van der Waals surface area contributed by atoms with Crippen LogP contribution in [0.2, 0.25) is 0 Å². The number of aromatic nitrogens is 3. The van der Waals surface area contributed by atoms with Crippen molar-refractivity contribution in [2.45, 2.75) is 44.9 Å². The molecular formula is C11H17N3O2. The summed E-state index contributed by atoms with van der Waals surface area (Å²) in [5.74, 6) is 1.70. The van der Waals surface area contributed by atoms with E-state index < -0.39 is 0 Å². The molecule has 0 aromatic carbocycles. The molecule has 1 aromatic heterocycles. The molecule has 0 atom stereocenters. The van der Waals surface area contributed by atoms with Gasteiger partial charge in [0.25, 0.3) is 0 Å². The Hall–Kier alpha value is -1.39. The van der Waals surface area contributed by atoms with Crippen molar-refractivity contribution in [2.75, 3.05) is 6.61 Å². The van der Waals surface area contributed by atoms with Gasteiger partial charge in [0.15, 0.2) is 5.82 Å². The maximum atomic E-state index is 11.2. The summed E-state index contributed by atoms with van der Waals surface area (Å²) in [6.07, 6.45) is 5.03. The van der Waals surface area contributed by atoms with Crippen LogP contribution in [0.4, 0.5) is 0 Å². The number of hydrogen-bond donors (Lipinski definition) is 1.